The van der Waals surface area contributed by atoms with Crippen LogP contribution in [0, 0.1) is 0 Å². The molecule has 0 aromatic heterocycles. The number of carbonyl (C=O) groups excluding carboxylic acids is 2. The molecule has 0 aliphatic carbocycles. The minimum atomic E-state index is -2.22. The molecule has 2 amide bonds. The molecule has 176 valence electrons. The average molecular weight is 463 g/mol. The van der Waals surface area contributed by atoms with Gasteiger partial charge in [0.25, 0.3) is 0 Å². The van der Waals surface area contributed by atoms with E-state index in [1.807, 2.05) is 34.2 Å². The Hall–Kier alpha value is -0.626. The fraction of sp³-hybridized carbons (Fsp3) is 0.900. The van der Waals surface area contributed by atoms with Crippen LogP contribution < -0.4 is 5.32 Å². The Morgan fingerprint density at radius 2 is 1.33 bits per heavy atom. The smallest absolute Gasteiger partial charge is 0.334 e. The molecule has 0 radical (unpaired) electrons. The Morgan fingerprint density at radius 1 is 0.867 bits per heavy atom. The summed E-state index contributed by atoms with van der Waals surface area (Å²) < 4.78 is 23.4. The van der Waals surface area contributed by atoms with Gasteiger partial charge in [0.05, 0.1) is 12.5 Å². The minimum absolute atomic E-state index is 0.100. The van der Waals surface area contributed by atoms with Crippen LogP contribution in [0.4, 0.5) is 0 Å². The molecule has 0 saturated carbocycles. The second kappa shape index (κ2) is 13.7. The molecule has 30 heavy (non-hydrogen) atoms. The molecular formula is C20H42N2O6Si2. The normalized spacial score (nSPS) is 17.9. The maximum Gasteiger partial charge on any atom is 0.334 e. The highest BCUT2D eigenvalue weighted by molar-refractivity contribution is 6.66. The van der Waals surface area contributed by atoms with E-state index in [2.05, 4.69) is 11.9 Å². The quantitative estimate of drug-likeness (QED) is 0.202. The number of imide groups is 1. The van der Waals surface area contributed by atoms with Crippen molar-refractivity contribution in [1.82, 2.24) is 10.2 Å². The van der Waals surface area contributed by atoms with Crippen LogP contribution in [0.2, 0.25) is 25.2 Å². The van der Waals surface area contributed by atoms with E-state index < -0.39 is 23.2 Å². The number of amides is 2. The maximum absolute atomic E-state index is 12.7. The van der Waals surface area contributed by atoms with Crippen LogP contribution in [0.1, 0.15) is 47.0 Å². The third kappa shape index (κ3) is 8.85. The third-order valence-electron chi connectivity index (χ3n) is 5.25. The first-order valence-corrected chi connectivity index (χ1v) is 16.4. The Bertz CT molecular complexity index is 525. The average Bonchev–Trinajstić information content (AvgIpc) is 2.93. The molecule has 1 aliphatic heterocycles. The second-order valence-corrected chi connectivity index (χ2v) is 14.5. The van der Waals surface area contributed by atoms with Crippen molar-refractivity contribution in [3.05, 3.63) is 0 Å². The predicted octanol–water partition coefficient (Wildman–Crippen LogP) is 2.77. The van der Waals surface area contributed by atoms with E-state index in [0.717, 1.165) is 18.5 Å². The number of nitrogens with one attached hydrogen (secondary N) is 1. The molecule has 1 N–H and O–H groups in total. The molecule has 0 spiro atoms. The van der Waals surface area contributed by atoms with Crippen molar-refractivity contribution >= 4 is 28.9 Å². The summed E-state index contributed by atoms with van der Waals surface area (Å²) in [5.41, 5.74) is 0. The first kappa shape index (κ1) is 27.4. The van der Waals surface area contributed by atoms with Gasteiger partial charge in [-0.1, -0.05) is 0 Å². The monoisotopic (exact) mass is 462 g/mol. The molecule has 0 aromatic rings. The lowest BCUT2D eigenvalue weighted by molar-refractivity contribution is -0.138. The van der Waals surface area contributed by atoms with Gasteiger partial charge >= 0.3 is 17.1 Å². The van der Waals surface area contributed by atoms with E-state index >= 15 is 0 Å². The van der Waals surface area contributed by atoms with Gasteiger partial charge in [0, 0.05) is 33.0 Å². The lowest BCUT2D eigenvalue weighted by Gasteiger charge is -2.26. The summed E-state index contributed by atoms with van der Waals surface area (Å²) in [6.45, 7) is 15.6. The topological polar surface area (TPSA) is 86.3 Å². The van der Waals surface area contributed by atoms with Gasteiger partial charge in [0.1, 0.15) is 0 Å². The summed E-state index contributed by atoms with van der Waals surface area (Å²) in [7, 11) is -4.37. The van der Waals surface area contributed by atoms with Crippen molar-refractivity contribution in [3.8, 4) is 0 Å². The number of hydrogen-bond donors (Lipinski definition) is 1. The molecule has 0 bridgehead atoms. The van der Waals surface area contributed by atoms with Gasteiger partial charge in [-0.2, -0.15) is 0 Å². The summed E-state index contributed by atoms with van der Waals surface area (Å²) in [4.78, 5) is 26.4. The highest BCUT2D eigenvalue weighted by Gasteiger charge is 2.39. The van der Waals surface area contributed by atoms with E-state index in [4.69, 9.17) is 17.7 Å². The minimum Gasteiger partial charge on any atom is -0.395 e. The summed E-state index contributed by atoms with van der Waals surface area (Å²) in [6, 6.07) is 1.20. The Labute approximate surface area is 184 Å². The SMILES string of the molecule is CCO[Si](C)(CCCNC1CC(=O)N(CCC[Si](C)(OCC)OCC)C1=O)OCC. The van der Waals surface area contributed by atoms with E-state index in [-0.39, 0.29) is 18.2 Å². The van der Waals surface area contributed by atoms with E-state index in [1.54, 1.807) is 0 Å². The number of carbonyl (C=O) groups is 2. The van der Waals surface area contributed by atoms with Crippen molar-refractivity contribution in [3.63, 3.8) is 0 Å². The van der Waals surface area contributed by atoms with Gasteiger partial charge in [-0.15, -0.1) is 0 Å². The van der Waals surface area contributed by atoms with Gasteiger partial charge < -0.3 is 23.0 Å². The molecule has 1 rings (SSSR count). The number of rotatable bonds is 17. The molecule has 0 aromatic carbocycles. The molecule has 1 unspecified atom stereocenters. The molecular weight excluding hydrogens is 420 g/mol. The van der Waals surface area contributed by atoms with Gasteiger partial charge in [0.15, 0.2) is 0 Å². The van der Waals surface area contributed by atoms with Crippen molar-refractivity contribution in [2.75, 3.05) is 39.5 Å². The van der Waals surface area contributed by atoms with Crippen LogP contribution in [0.15, 0.2) is 0 Å². The van der Waals surface area contributed by atoms with E-state index in [9.17, 15) is 9.59 Å². The fourth-order valence-electron chi connectivity index (χ4n) is 3.91. The number of nitrogens with zero attached hydrogens (tertiary/aromatic N) is 1. The van der Waals surface area contributed by atoms with Gasteiger partial charge in [-0.25, -0.2) is 0 Å². The van der Waals surface area contributed by atoms with Crippen LogP contribution in [0.5, 0.6) is 0 Å². The number of hydrogen-bond acceptors (Lipinski definition) is 7. The lowest BCUT2D eigenvalue weighted by atomic mass is 10.2. The predicted molar refractivity (Wildman–Crippen MR) is 122 cm³/mol. The highest BCUT2D eigenvalue weighted by atomic mass is 28.4. The Balaban J connectivity index is 2.43. The van der Waals surface area contributed by atoms with Crippen LogP contribution in [0.3, 0.4) is 0 Å². The van der Waals surface area contributed by atoms with Gasteiger partial charge in [0.2, 0.25) is 11.8 Å². The largest absolute Gasteiger partial charge is 0.395 e. The Morgan fingerprint density at radius 3 is 1.80 bits per heavy atom. The zero-order valence-corrected chi connectivity index (χ0v) is 21.8. The summed E-state index contributed by atoms with van der Waals surface area (Å²) in [5, 5.41) is 3.25. The third-order valence-corrected chi connectivity index (χ3v) is 11.4. The van der Waals surface area contributed by atoms with Crippen LogP contribution >= 0.6 is 0 Å². The van der Waals surface area contributed by atoms with Crippen molar-refractivity contribution in [2.24, 2.45) is 0 Å². The summed E-state index contributed by atoms with van der Waals surface area (Å²) >= 11 is 0. The fourth-order valence-corrected chi connectivity index (χ4v) is 8.72. The molecule has 10 heteroatoms. The molecule has 8 nitrogen and oxygen atoms in total. The highest BCUT2D eigenvalue weighted by Crippen LogP contribution is 2.20. The van der Waals surface area contributed by atoms with Gasteiger partial charge in [-0.3, -0.25) is 14.5 Å². The first-order valence-electron chi connectivity index (χ1n) is 11.4. The van der Waals surface area contributed by atoms with Crippen molar-refractivity contribution in [1.29, 1.82) is 0 Å². The van der Waals surface area contributed by atoms with Crippen molar-refractivity contribution in [2.45, 2.75) is 78.2 Å². The van der Waals surface area contributed by atoms with Crippen molar-refractivity contribution < 1.29 is 27.3 Å². The maximum atomic E-state index is 12.7. The van der Waals surface area contributed by atoms with Gasteiger partial charge in [-0.05, 0) is 72.3 Å². The van der Waals surface area contributed by atoms with Crippen LogP contribution in [0.25, 0.3) is 0 Å². The molecule has 1 atom stereocenters. The summed E-state index contributed by atoms with van der Waals surface area (Å²) in [6.07, 6.45) is 1.79. The molecule has 1 aliphatic rings. The standard InChI is InChI=1S/C20H42N2O6Si2/c1-7-25-29(5,26-8-2)15-11-13-21-18-17-19(23)22(20(18)24)14-12-16-30(6,27-9-3)28-10-4/h18,21H,7-17H2,1-6H3. The Kier molecular flexibility index (Phi) is 12.5. The van der Waals surface area contributed by atoms with Crippen LogP contribution in [-0.2, 0) is 27.3 Å². The second-order valence-electron chi connectivity index (χ2n) is 7.80. The van der Waals surface area contributed by atoms with Crippen LogP contribution in [-0.4, -0.2) is 79.4 Å². The molecule has 1 fully saturated rings. The summed E-state index contributed by atoms with van der Waals surface area (Å²) in [5.74, 6) is -0.220. The molecule has 1 saturated heterocycles. The molecule has 1 heterocycles. The van der Waals surface area contributed by atoms with E-state index in [0.29, 0.717) is 45.9 Å². The zero-order chi connectivity index (χ0) is 22.6. The zero-order valence-electron chi connectivity index (χ0n) is 19.8. The lowest BCUT2D eigenvalue weighted by Crippen LogP contribution is -2.42. The number of likely N-dealkylation sites (tertiary alicyclic amines) is 1. The van der Waals surface area contributed by atoms with E-state index in [1.165, 1.54) is 4.90 Å². The first-order chi connectivity index (χ1) is 14.2.